The molecule has 1 N–H and O–H groups in total. The van der Waals surface area contributed by atoms with Gasteiger partial charge in [0.25, 0.3) is 5.69 Å². The number of methoxy groups -OCH3 is 1. The second kappa shape index (κ2) is 6.23. The van der Waals surface area contributed by atoms with Gasteiger partial charge in [-0.05, 0) is 24.5 Å². The second-order valence-corrected chi connectivity index (χ2v) is 4.54. The molecule has 5 nitrogen and oxygen atoms in total. The number of anilines is 1. The summed E-state index contributed by atoms with van der Waals surface area (Å²) in [6.07, 6.45) is 0.918. The van der Waals surface area contributed by atoms with Crippen molar-refractivity contribution in [2.75, 3.05) is 12.4 Å². The van der Waals surface area contributed by atoms with Crippen LogP contribution < -0.4 is 10.1 Å². The van der Waals surface area contributed by atoms with Gasteiger partial charge >= 0.3 is 0 Å². The summed E-state index contributed by atoms with van der Waals surface area (Å²) in [5.41, 5.74) is 0.592. The minimum atomic E-state index is -0.391. The first-order chi connectivity index (χ1) is 8.49. The van der Waals surface area contributed by atoms with Crippen molar-refractivity contribution in [1.29, 1.82) is 0 Å². The Kier molecular flexibility index (Phi) is 4.95. The lowest BCUT2D eigenvalue weighted by Gasteiger charge is -2.21. The minimum Gasteiger partial charge on any atom is -0.496 e. The number of nitrogens with zero attached hydrogens (tertiary/aromatic N) is 1. The van der Waals surface area contributed by atoms with Crippen molar-refractivity contribution in [3.63, 3.8) is 0 Å². The molecule has 1 atom stereocenters. The second-order valence-electron chi connectivity index (χ2n) is 4.54. The highest BCUT2D eigenvalue weighted by Crippen LogP contribution is 2.30. The lowest BCUT2D eigenvalue weighted by Crippen LogP contribution is -2.25. The van der Waals surface area contributed by atoms with E-state index in [-0.39, 0.29) is 11.7 Å². The van der Waals surface area contributed by atoms with Gasteiger partial charge in [-0.25, -0.2) is 0 Å². The molecule has 1 rings (SSSR count). The van der Waals surface area contributed by atoms with Gasteiger partial charge in [0.2, 0.25) is 0 Å². The summed E-state index contributed by atoms with van der Waals surface area (Å²) in [5, 5.41) is 14.3. The molecule has 0 radical (unpaired) electrons. The van der Waals surface area contributed by atoms with Crippen LogP contribution in [0.1, 0.15) is 27.2 Å². The Balaban J connectivity index is 3.04. The summed E-state index contributed by atoms with van der Waals surface area (Å²) < 4.78 is 5.01. The highest BCUT2D eigenvalue weighted by molar-refractivity contribution is 5.64. The molecule has 0 heterocycles. The highest BCUT2D eigenvalue weighted by Gasteiger charge is 2.19. The van der Waals surface area contributed by atoms with Gasteiger partial charge in [-0.1, -0.05) is 20.8 Å². The SMILES string of the molecule is CCC(Nc1ccc(OC)cc1[N+](=O)[O-])C(C)C. The van der Waals surface area contributed by atoms with Gasteiger partial charge in [0, 0.05) is 6.04 Å². The Morgan fingerprint density at radius 2 is 2.11 bits per heavy atom. The third-order valence-electron chi connectivity index (χ3n) is 2.99. The molecule has 0 saturated carbocycles. The fourth-order valence-electron chi connectivity index (χ4n) is 1.85. The molecule has 0 aliphatic heterocycles. The molecule has 18 heavy (non-hydrogen) atoms. The molecule has 0 bridgehead atoms. The van der Waals surface area contributed by atoms with Crippen molar-refractivity contribution in [3.8, 4) is 5.75 Å². The average Bonchev–Trinajstić information content (AvgIpc) is 2.35. The lowest BCUT2D eigenvalue weighted by atomic mass is 10.0. The van der Waals surface area contributed by atoms with E-state index < -0.39 is 4.92 Å². The van der Waals surface area contributed by atoms with E-state index in [1.54, 1.807) is 12.1 Å². The van der Waals surface area contributed by atoms with Crippen LogP contribution in [0.2, 0.25) is 0 Å². The number of nitrogens with one attached hydrogen (secondary N) is 1. The Labute approximate surface area is 107 Å². The lowest BCUT2D eigenvalue weighted by molar-refractivity contribution is -0.384. The van der Waals surface area contributed by atoms with E-state index in [0.29, 0.717) is 17.4 Å². The Morgan fingerprint density at radius 3 is 2.56 bits per heavy atom. The quantitative estimate of drug-likeness (QED) is 0.622. The van der Waals surface area contributed by atoms with Crippen LogP contribution in [0.25, 0.3) is 0 Å². The number of rotatable bonds is 6. The van der Waals surface area contributed by atoms with Gasteiger partial charge in [0.15, 0.2) is 0 Å². The summed E-state index contributed by atoms with van der Waals surface area (Å²) in [7, 11) is 1.50. The maximum atomic E-state index is 11.0. The number of nitro groups is 1. The van der Waals surface area contributed by atoms with Gasteiger partial charge in [-0.15, -0.1) is 0 Å². The predicted molar refractivity (Wildman–Crippen MR) is 72.2 cm³/mol. The number of ether oxygens (including phenoxy) is 1. The average molecular weight is 252 g/mol. The zero-order valence-corrected chi connectivity index (χ0v) is 11.3. The third kappa shape index (κ3) is 3.35. The zero-order valence-electron chi connectivity index (χ0n) is 11.3. The van der Waals surface area contributed by atoms with Crippen LogP contribution in [0.15, 0.2) is 18.2 Å². The fraction of sp³-hybridized carbons (Fsp3) is 0.538. The molecule has 1 unspecified atom stereocenters. The van der Waals surface area contributed by atoms with Crippen LogP contribution in [-0.2, 0) is 0 Å². The molecular formula is C13H20N2O3. The first-order valence-electron chi connectivity index (χ1n) is 6.08. The third-order valence-corrected chi connectivity index (χ3v) is 2.99. The maximum Gasteiger partial charge on any atom is 0.296 e. The van der Waals surface area contributed by atoms with Crippen molar-refractivity contribution in [2.45, 2.75) is 33.2 Å². The number of nitro benzene ring substituents is 1. The highest BCUT2D eigenvalue weighted by atomic mass is 16.6. The molecule has 100 valence electrons. The topological polar surface area (TPSA) is 64.4 Å². The normalized spacial score (nSPS) is 12.3. The number of hydrogen-bond donors (Lipinski definition) is 1. The van der Waals surface area contributed by atoms with Gasteiger partial charge in [0.1, 0.15) is 11.4 Å². The predicted octanol–water partition coefficient (Wildman–Crippen LogP) is 3.45. The Hall–Kier alpha value is -1.78. The van der Waals surface area contributed by atoms with Crippen molar-refractivity contribution in [2.24, 2.45) is 5.92 Å². The molecule has 0 aliphatic carbocycles. The van der Waals surface area contributed by atoms with Crippen molar-refractivity contribution < 1.29 is 9.66 Å². The van der Waals surface area contributed by atoms with Crippen molar-refractivity contribution >= 4 is 11.4 Å². The molecular weight excluding hydrogens is 232 g/mol. The summed E-state index contributed by atoms with van der Waals surface area (Å²) >= 11 is 0. The molecule has 0 amide bonds. The van der Waals surface area contributed by atoms with Crippen LogP contribution in [0.5, 0.6) is 5.75 Å². The monoisotopic (exact) mass is 252 g/mol. The fourth-order valence-corrected chi connectivity index (χ4v) is 1.85. The van der Waals surface area contributed by atoms with Gasteiger partial charge in [-0.2, -0.15) is 0 Å². The molecule has 0 saturated heterocycles. The van der Waals surface area contributed by atoms with E-state index >= 15 is 0 Å². The van der Waals surface area contributed by atoms with Crippen LogP contribution in [0.3, 0.4) is 0 Å². The number of hydrogen-bond acceptors (Lipinski definition) is 4. The Morgan fingerprint density at radius 1 is 1.44 bits per heavy atom. The van der Waals surface area contributed by atoms with E-state index in [1.807, 2.05) is 0 Å². The maximum absolute atomic E-state index is 11.0. The van der Waals surface area contributed by atoms with Crippen LogP contribution in [0.4, 0.5) is 11.4 Å². The minimum absolute atomic E-state index is 0.0495. The molecule has 1 aromatic carbocycles. The molecule has 0 aliphatic rings. The molecule has 0 spiro atoms. The largest absolute Gasteiger partial charge is 0.496 e. The van der Waals surface area contributed by atoms with Crippen molar-refractivity contribution in [1.82, 2.24) is 0 Å². The first-order valence-corrected chi connectivity index (χ1v) is 6.08. The van der Waals surface area contributed by atoms with Crippen LogP contribution >= 0.6 is 0 Å². The van der Waals surface area contributed by atoms with Crippen LogP contribution in [-0.4, -0.2) is 18.1 Å². The van der Waals surface area contributed by atoms with E-state index in [0.717, 1.165) is 6.42 Å². The van der Waals surface area contributed by atoms with E-state index in [2.05, 4.69) is 26.1 Å². The van der Waals surface area contributed by atoms with Gasteiger partial charge in [-0.3, -0.25) is 10.1 Å². The van der Waals surface area contributed by atoms with Crippen LogP contribution in [0, 0.1) is 16.0 Å². The van der Waals surface area contributed by atoms with Gasteiger partial charge in [0.05, 0.1) is 18.1 Å². The molecule has 0 fully saturated rings. The van der Waals surface area contributed by atoms with Gasteiger partial charge < -0.3 is 10.1 Å². The standard InChI is InChI=1S/C13H20N2O3/c1-5-11(9(2)3)14-12-7-6-10(18-4)8-13(12)15(16)17/h6-9,11,14H,5H2,1-4H3. The summed E-state index contributed by atoms with van der Waals surface area (Å²) in [4.78, 5) is 10.6. The van der Waals surface area contributed by atoms with Crippen molar-refractivity contribution in [3.05, 3.63) is 28.3 Å². The Bertz CT molecular complexity index is 419. The van der Waals surface area contributed by atoms with E-state index in [4.69, 9.17) is 4.74 Å². The summed E-state index contributed by atoms with van der Waals surface area (Å²) in [5.74, 6) is 0.904. The van der Waals surface area contributed by atoms with E-state index in [1.165, 1.54) is 13.2 Å². The van der Waals surface area contributed by atoms with E-state index in [9.17, 15) is 10.1 Å². The smallest absolute Gasteiger partial charge is 0.296 e. The zero-order chi connectivity index (χ0) is 13.7. The summed E-state index contributed by atoms with van der Waals surface area (Å²) in [6, 6.07) is 5.08. The summed E-state index contributed by atoms with van der Waals surface area (Å²) in [6.45, 7) is 6.25. The number of benzene rings is 1. The molecule has 1 aromatic rings. The molecule has 0 aromatic heterocycles. The molecule has 5 heteroatoms. The first kappa shape index (κ1) is 14.3.